The molecule has 0 spiro atoms. The Morgan fingerprint density at radius 3 is 2.40 bits per heavy atom. The van der Waals surface area contributed by atoms with Crippen LogP contribution in [0.1, 0.15) is 24.2 Å². The highest BCUT2D eigenvalue weighted by molar-refractivity contribution is 7.80. The van der Waals surface area contributed by atoms with Crippen molar-refractivity contribution in [3.8, 4) is 0 Å². The van der Waals surface area contributed by atoms with E-state index in [4.69, 9.17) is 12.2 Å². The Morgan fingerprint density at radius 1 is 1.30 bits per heavy atom. The molecule has 0 aliphatic carbocycles. The van der Waals surface area contributed by atoms with Gasteiger partial charge in [0, 0.05) is 30.9 Å². The van der Waals surface area contributed by atoms with E-state index in [1.807, 2.05) is 26.0 Å². The lowest BCUT2D eigenvalue weighted by Gasteiger charge is -2.18. The van der Waals surface area contributed by atoms with E-state index >= 15 is 0 Å². The molecule has 1 amide bonds. The van der Waals surface area contributed by atoms with Gasteiger partial charge in [-0.2, -0.15) is 0 Å². The third-order valence-corrected chi connectivity index (χ3v) is 3.09. The fourth-order valence-electron chi connectivity index (χ4n) is 1.73. The SMILES string of the molecule is C=CCNC(=S)Nc1ccc(C(=O)N(CC)CC)cc1. The Hall–Kier alpha value is -1.88. The number of anilines is 1. The first-order valence-electron chi connectivity index (χ1n) is 6.67. The van der Waals surface area contributed by atoms with Gasteiger partial charge in [0.1, 0.15) is 0 Å². The second kappa shape index (κ2) is 8.32. The Bertz CT molecular complexity index is 467. The first-order valence-corrected chi connectivity index (χ1v) is 7.08. The predicted octanol–water partition coefficient (Wildman–Crippen LogP) is 2.64. The molecule has 1 aromatic carbocycles. The Morgan fingerprint density at radius 2 is 1.90 bits per heavy atom. The van der Waals surface area contributed by atoms with Gasteiger partial charge in [-0.1, -0.05) is 6.08 Å². The highest BCUT2D eigenvalue weighted by atomic mass is 32.1. The van der Waals surface area contributed by atoms with Crippen LogP contribution < -0.4 is 10.6 Å². The second-order valence-electron chi connectivity index (χ2n) is 4.18. The van der Waals surface area contributed by atoms with Crippen LogP contribution in [-0.4, -0.2) is 35.6 Å². The predicted molar refractivity (Wildman–Crippen MR) is 88.1 cm³/mol. The number of carbonyl (C=O) groups excluding carboxylic acids is 1. The van der Waals surface area contributed by atoms with Crippen molar-refractivity contribution in [1.29, 1.82) is 0 Å². The second-order valence-corrected chi connectivity index (χ2v) is 4.59. The smallest absolute Gasteiger partial charge is 0.253 e. The summed E-state index contributed by atoms with van der Waals surface area (Å²) >= 11 is 5.12. The fraction of sp³-hybridized carbons (Fsp3) is 0.333. The summed E-state index contributed by atoms with van der Waals surface area (Å²) in [6, 6.07) is 7.30. The van der Waals surface area contributed by atoms with Crippen LogP contribution >= 0.6 is 12.2 Å². The summed E-state index contributed by atoms with van der Waals surface area (Å²) in [7, 11) is 0. The van der Waals surface area contributed by atoms with Crippen molar-refractivity contribution in [1.82, 2.24) is 10.2 Å². The van der Waals surface area contributed by atoms with E-state index in [1.165, 1.54) is 0 Å². The normalized spacial score (nSPS) is 9.70. The van der Waals surface area contributed by atoms with E-state index < -0.39 is 0 Å². The molecule has 4 nitrogen and oxygen atoms in total. The standard InChI is InChI=1S/C15H21N3OS/c1-4-11-16-15(20)17-13-9-7-12(8-10-13)14(19)18(5-2)6-3/h4,7-10H,1,5-6,11H2,2-3H3,(H2,16,17,20). The van der Waals surface area contributed by atoms with E-state index in [0.29, 0.717) is 30.3 Å². The summed E-state index contributed by atoms with van der Waals surface area (Å²) in [5.41, 5.74) is 1.53. The van der Waals surface area contributed by atoms with Crippen LogP contribution in [-0.2, 0) is 0 Å². The van der Waals surface area contributed by atoms with Crippen molar-refractivity contribution < 1.29 is 4.79 Å². The Labute approximate surface area is 125 Å². The fourth-order valence-corrected chi connectivity index (χ4v) is 1.93. The summed E-state index contributed by atoms with van der Waals surface area (Å²) in [4.78, 5) is 13.9. The molecule has 0 bridgehead atoms. The average Bonchev–Trinajstić information content (AvgIpc) is 2.47. The van der Waals surface area contributed by atoms with Crippen molar-refractivity contribution in [2.24, 2.45) is 0 Å². The molecule has 1 rings (SSSR count). The number of nitrogens with zero attached hydrogens (tertiary/aromatic N) is 1. The van der Waals surface area contributed by atoms with Gasteiger partial charge >= 0.3 is 0 Å². The van der Waals surface area contributed by atoms with Crippen LogP contribution in [0.4, 0.5) is 5.69 Å². The lowest BCUT2D eigenvalue weighted by molar-refractivity contribution is 0.0773. The summed E-state index contributed by atoms with van der Waals surface area (Å²) in [6.45, 7) is 9.60. The van der Waals surface area contributed by atoms with Gasteiger partial charge in [-0.3, -0.25) is 4.79 Å². The molecule has 0 aromatic heterocycles. The maximum atomic E-state index is 12.1. The Balaban J connectivity index is 2.66. The van der Waals surface area contributed by atoms with Crippen LogP contribution in [0.5, 0.6) is 0 Å². The Kier molecular flexibility index (Phi) is 6.73. The number of thiocarbonyl (C=S) groups is 1. The number of carbonyl (C=O) groups is 1. The number of amides is 1. The van der Waals surface area contributed by atoms with E-state index in [2.05, 4.69) is 17.2 Å². The topological polar surface area (TPSA) is 44.4 Å². The maximum absolute atomic E-state index is 12.1. The summed E-state index contributed by atoms with van der Waals surface area (Å²) in [5, 5.41) is 6.56. The first kappa shape index (κ1) is 16.2. The van der Waals surface area contributed by atoms with E-state index in [0.717, 1.165) is 5.69 Å². The van der Waals surface area contributed by atoms with Gasteiger partial charge < -0.3 is 15.5 Å². The quantitative estimate of drug-likeness (QED) is 0.625. The molecule has 1 aromatic rings. The number of benzene rings is 1. The zero-order chi connectivity index (χ0) is 15.0. The minimum Gasteiger partial charge on any atom is -0.359 e. The molecule has 0 saturated heterocycles. The summed E-state index contributed by atoms with van der Waals surface area (Å²) < 4.78 is 0. The number of hydrogen-bond acceptors (Lipinski definition) is 2. The first-order chi connectivity index (χ1) is 9.62. The average molecular weight is 291 g/mol. The molecule has 0 aliphatic heterocycles. The van der Waals surface area contributed by atoms with Gasteiger partial charge in [-0.25, -0.2) is 0 Å². The van der Waals surface area contributed by atoms with Crippen LogP contribution in [0.3, 0.4) is 0 Å². The van der Waals surface area contributed by atoms with Gasteiger partial charge in [-0.05, 0) is 50.3 Å². The monoisotopic (exact) mass is 291 g/mol. The van der Waals surface area contributed by atoms with E-state index in [-0.39, 0.29) is 5.91 Å². The number of rotatable bonds is 6. The molecule has 0 heterocycles. The van der Waals surface area contributed by atoms with E-state index in [9.17, 15) is 4.79 Å². The molecule has 5 heteroatoms. The lowest BCUT2D eigenvalue weighted by Crippen LogP contribution is -2.30. The van der Waals surface area contributed by atoms with Crippen molar-refractivity contribution in [2.75, 3.05) is 25.0 Å². The molecule has 0 saturated carbocycles. The molecule has 108 valence electrons. The van der Waals surface area contributed by atoms with Crippen molar-refractivity contribution >= 4 is 28.9 Å². The maximum Gasteiger partial charge on any atom is 0.253 e. The molecule has 0 fully saturated rings. The van der Waals surface area contributed by atoms with Crippen LogP contribution in [0.15, 0.2) is 36.9 Å². The largest absolute Gasteiger partial charge is 0.359 e. The zero-order valence-corrected chi connectivity index (χ0v) is 12.8. The van der Waals surface area contributed by atoms with Crippen molar-refractivity contribution in [3.05, 3.63) is 42.5 Å². The van der Waals surface area contributed by atoms with Crippen molar-refractivity contribution in [3.63, 3.8) is 0 Å². The third kappa shape index (κ3) is 4.66. The van der Waals surface area contributed by atoms with Gasteiger partial charge in [0.15, 0.2) is 5.11 Å². The summed E-state index contributed by atoms with van der Waals surface area (Å²) in [5.74, 6) is 0.0499. The molecule has 0 atom stereocenters. The molecule has 0 radical (unpaired) electrons. The number of hydrogen-bond donors (Lipinski definition) is 2. The van der Waals surface area contributed by atoms with Crippen LogP contribution in [0, 0.1) is 0 Å². The number of nitrogens with one attached hydrogen (secondary N) is 2. The van der Waals surface area contributed by atoms with Crippen LogP contribution in [0.2, 0.25) is 0 Å². The van der Waals surface area contributed by atoms with Gasteiger partial charge in [-0.15, -0.1) is 6.58 Å². The van der Waals surface area contributed by atoms with E-state index in [1.54, 1.807) is 23.1 Å². The van der Waals surface area contributed by atoms with Crippen LogP contribution in [0.25, 0.3) is 0 Å². The minimum atomic E-state index is 0.0499. The molecule has 0 aliphatic rings. The minimum absolute atomic E-state index is 0.0499. The molecule has 0 unspecified atom stereocenters. The summed E-state index contributed by atoms with van der Waals surface area (Å²) in [6.07, 6.45) is 1.74. The van der Waals surface area contributed by atoms with Gasteiger partial charge in [0.05, 0.1) is 0 Å². The molecular weight excluding hydrogens is 270 g/mol. The molecule has 20 heavy (non-hydrogen) atoms. The lowest BCUT2D eigenvalue weighted by atomic mass is 10.2. The van der Waals surface area contributed by atoms with Gasteiger partial charge in [0.25, 0.3) is 5.91 Å². The highest BCUT2D eigenvalue weighted by Gasteiger charge is 2.11. The highest BCUT2D eigenvalue weighted by Crippen LogP contribution is 2.11. The zero-order valence-electron chi connectivity index (χ0n) is 12.0. The molecular formula is C15H21N3OS. The third-order valence-electron chi connectivity index (χ3n) is 2.85. The molecule has 2 N–H and O–H groups in total. The van der Waals surface area contributed by atoms with Gasteiger partial charge in [0.2, 0.25) is 0 Å². The van der Waals surface area contributed by atoms with Crippen molar-refractivity contribution in [2.45, 2.75) is 13.8 Å².